The first kappa shape index (κ1) is 23.3. The summed E-state index contributed by atoms with van der Waals surface area (Å²) in [6, 6.07) is 10.5. The molecule has 1 saturated heterocycles. The molecule has 1 fully saturated rings. The first-order chi connectivity index (χ1) is 16.4. The SMILES string of the molecule is COc1ccc(Oc2ccc(C(=O)N3CC[C@@H](c4nnc(N)cc4C)C(C)C3)cc2OC)cn1. The molecule has 2 aromatic heterocycles. The van der Waals surface area contributed by atoms with E-state index in [0.717, 1.165) is 17.7 Å². The van der Waals surface area contributed by atoms with E-state index in [1.165, 1.54) is 0 Å². The van der Waals surface area contributed by atoms with Crippen LogP contribution in [-0.2, 0) is 0 Å². The Morgan fingerprint density at radius 1 is 1.09 bits per heavy atom. The topological polar surface area (TPSA) is 113 Å². The Kier molecular flexibility index (Phi) is 6.81. The van der Waals surface area contributed by atoms with Crippen LogP contribution in [0.3, 0.4) is 0 Å². The van der Waals surface area contributed by atoms with Gasteiger partial charge in [0, 0.05) is 30.6 Å². The third-order valence-corrected chi connectivity index (χ3v) is 6.14. The van der Waals surface area contributed by atoms with Crippen molar-refractivity contribution in [2.24, 2.45) is 5.92 Å². The maximum absolute atomic E-state index is 13.3. The van der Waals surface area contributed by atoms with Gasteiger partial charge in [-0.05, 0) is 55.2 Å². The van der Waals surface area contributed by atoms with E-state index >= 15 is 0 Å². The second kappa shape index (κ2) is 9.94. The number of aryl methyl sites for hydroxylation is 1. The molecule has 2 atom stereocenters. The first-order valence-corrected chi connectivity index (χ1v) is 11.1. The van der Waals surface area contributed by atoms with E-state index < -0.39 is 0 Å². The van der Waals surface area contributed by atoms with Crippen molar-refractivity contribution in [2.45, 2.75) is 26.2 Å². The van der Waals surface area contributed by atoms with Gasteiger partial charge in [0.2, 0.25) is 5.88 Å². The number of rotatable bonds is 6. The highest BCUT2D eigenvalue weighted by atomic mass is 16.5. The standard InChI is InChI=1S/C25H29N5O4/c1-15-11-22(26)28-29-24(15)19-9-10-30(14-16(19)2)25(31)17-5-7-20(21(12-17)32-3)34-18-6-8-23(33-4)27-13-18/h5-8,11-13,16,19H,9-10,14H2,1-4H3,(H2,26,28)/t16?,19-/m1/s1. The van der Waals surface area contributed by atoms with Crippen LogP contribution >= 0.6 is 0 Å². The molecule has 0 saturated carbocycles. The number of pyridine rings is 1. The number of ether oxygens (including phenoxy) is 3. The molecule has 3 aromatic rings. The first-order valence-electron chi connectivity index (χ1n) is 11.1. The summed E-state index contributed by atoms with van der Waals surface area (Å²) in [5.74, 6) is 2.86. The van der Waals surface area contributed by atoms with Gasteiger partial charge in [0.15, 0.2) is 11.5 Å². The molecule has 0 aliphatic carbocycles. The summed E-state index contributed by atoms with van der Waals surface area (Å²) in [6.07, 6.45) is 2.38. The van der Waals surface area contributed by atoms with Gasteiger partial charge in [-0.2, -0.15) is 5.10 Å². The van der Waals surface area contributed by atoms with Crippen molar-refractivity contribution in [2.75, 3.05) is 33.0 Å². The third-order valence-electron chi connectivity index (χ3n) is 6.14. The summed E-state index contributed by atoms with van der Waals surface area (Å²) < 4.78 is 16.5. The summed E-state index contributed by atoms with van der Waals surface area (Å²) in [7, 11) is 3.10. The fourth-order valence-electron chi connectivity index (χ4n) is 4.36. The van der Waals surface area contributed by atoms with Gasteiger partial charge in [0.1, 0.15) is 11.6 Å². The zero-order chi connectivity index (χ0) is 24.2. The average Bonchev–Trinajstić information content (AvgIpc) is 2.84. The monoisotopic (exact) mass is 463 g/mol. The fourth-order valence-corrected chi connectivity index (χ4v) is 4.36. The third kappa shape index (κ3) is 4.88. The number of amides is 1. The van der Waals surface area contributed by atoms with Crippen molar-refractivity contribution >= 4 is 11.7 Å². The van der Waals surface area contributed by atoms with E-state index in [2.05, 4.69) is 22.1 Å². The van der Waals surface area contributed by atoms with Crippen LogP contribution in [0.5, 0.6) is 23.1 Å². The second-order valence-corrected chi connectivity index (χ2v) is 8.47. The molecule has 9 nitrogen and oxygen atoms in total. The number of likely N-dealkylation sites (tertiary alicyclic amines) is 1. The van der Waals surface area contributed by atoms with Crippen molar-refractivity contribution in [3.05, 3.63) is 59.4 Å². The van der Waals surface area contributed by atoms with Crippen LogP contribution in [0.1, 0.15) is 40.9 Å². The number of hydrogen-bond acceptors (Lipinski definition) is 8. The number of carbonyl (C=O) groups excluding carboxylic acids is 1. The normalized spacial score (nSPS) is 17.8. The number of nitrogen functional groups attached to an aromatic ring is 1. The van der Waals surface area contributed by atoms with E-state index in [9.17, 15) is 4.79 Å². The van der Waals surface area contributed by atoms with Crippen LogP contribution in [-0.4, -0.2) is 53.3 Å². The molecule has 1 aromatic carbocycles. The summed E-state index contributed by atoms with van der Waals surface area (Å²) in [5.41, 5.74) is 8.30. The van der Waals surface area contributed by atoms with Gasteiger partial charge in [-0.1, -0.05) is 6.92 Å². The molecule has 1 amide bonds. The molecule has 3 heterocycles. The molecule has 178 valence electrons. The second-order valence-electron chi connectivity index (χ2n) is 8.47. The number of anilines is 1. The van der Waals surface area contributed by atoms with Crippen molar-refractivity contribution in [1.82, 2.24) is 20.1 Å². The maximum atomic E-state index is 13.3. The van der Waals surface area contributed by atoms with Crippen LogP contribution in [0.2, 0.25) is 0 Å². The number of carbonyl (C=O) groups is 1. The molecule has 4 rings (SSSR count). The molecular formula is C25H29N5O4. The van der Waals surface area contributed by atoms with E-state index in [-0.39, 0.29) is 17.7 Å². The van der Waals surface area contributed by atoms with Crippen LogP contribution in [0, 0.1) is 12.8 Å². The summed E-state index contributed by atoms with van der Waals surface area (Å²) in [5, 5.41) is 8.36. The van der Waals surface area contributed by atoms with Crippen molar-refractivity contribution in [1.29, 1.82) is 0 Å². The molecule has 0 radical (unpaired) electrons. The largest absolute Gasteiger partial charge is 0.493 e. The minimum Gasteiger partial charge on any atom is -0.493 e. The fraction of sp³-hybridized carbons (Fsp3) is 0.360. The molecule has 1 aliphatic heterocycles. The molecule has 0 bridgehead atoms. The van der Waals surface area contributed by atoms with E-state index in [1.807, 2.05) is 17.9 Å². The van der Waals surface area contributed by atoms with Crippen LogP contribution in [0.25, 0.3) is 0 Å². The van der Waals surface area contributed by atoms with Gasteiger partial charge in [0.05, 0.1) is 26.1 Å². The predicted octanol–water partition coefficient (Wildman–Crippen LogP) is 3.84. The molecule has 2 N–H and O–H groups in total. The van der Waals surface area contributed by atoms with E-state index in [4.69, 9.17) is 19.9 Å². The Hall–Kier alpha value is -3.88. The smallest absolute Gasteiger partial charge is 0.254 e. The lowest BCUT2D eigenvalue weighted by molar-refractivity contribution is 0.0658. The van der Waals surface area contributed by atoms with Crippen molar-refractivity contribution in [3.8, 4) is 23.1 Å². The highest BCUT2D eigenvalue weighted by Crippen LogP contribution is 2.36. The summed E-state index contributed by atoms with van der Waals surface area (Å²) >= 11 is 0. The lowest BCUT2D eigenvalue weighted by Gasteiger charge is -2.37. The van der Waals surface area contributed by atoms with Gasteiger partial charge in [0.25, 0.3) is 5.91 Å². The quantitative estimate of drug-likeness (QED) is 0.587. The van der Waals surface area contributed by atoms with Gasteiger partial charge >= 0.3 is 0 Å². The number of nitrogens with zero attached hydrogens (tertiary/aromatic N) is 4. The summed E-state index contributed by atoms with van der Waals surface area (Å²) in [6.45, 7) is 5.41. The zero-order valence-electron chi connectivity index (χ0n) is 19.8. The Labute approximate surface area is 198 Å². The van der Waals surface area contributed by atoms with E-state index in [1.54, 1.807) is 50.7 Å². The van der Waals surface area contributed by atoms with Crippen molar-refractivity contribution in [3.63, 3.8) is 0 Å². The van der Waals surface area contributed by atoms with Crippen molar-refractivity contribution < 1.29 is 19.0 Å². The minimum absolute atomic E-state index is 0.0404. The lowest BCUT2D eigenvalue weighted by Crippen LogP contribution is -2.42. The van der Waals surface area contributed by atoms with Crippen LogP contribution in [0.15, 0.2) is 42.6 Å². The number of hydrogen-bond donors (Lipinski definition) is 1. The minimum atomic E-state index is -0.0404. The molecule has 1 aliphatic rings. The number of piperidine rings is 1. The molecular weight excluding hydrogens is 434 g/mol. The van der Waals surface area contributed by atoms with E-state index in [0.29, 0.717) is 47.6 Å². The number of methoxy groups -OCH3 is 2. The highest BCUT2D eigenvalue weighted by Gasteiger charge is 2.32. The Bertz CT molecular complexity index is 1170. The lowest BCUT2D eigenvalue weighted by atomic mass is 9.82. The van der Waals surface area contributed by atoms with Crippen LogP contribution < -0.4 is 19.9 Å². The van der Waals surface area contributed by atoms with Gasteiger partial charge in [-0.25, -0.2) is 4.98 Å². The summed E-state index contributed by atoms with van der Waals surface area (Å²) in [4.78, 5) is 19.3. The highest BCUT2D eigenvalue weighted by molar-refractivity contribution is 5.95. The number of nitrogens with two attached hydrogens (primary N) is 1. The average molecular weight is 464 g/mol. The molecule has 0 spiro atoms. The maximum Gasteiger partial charge on any atom is 0.254 e. The number of benzene rings is 1. The Morgan fingerprint density at radius 2 is 1.91 bits per heavy atom. The molecule has 34 heavy (non-hydrogen) atoms. The van der Waals surface area contributed by atoms with Gasteiger partial charge < -0.3 is 24.8 Å². The van der Waals surface area contributed by atoms with Gasteiger partial charge in [-0.3, -0.25) is 4.79 Å². The van der Waals surface area contributed by atoms with Crippen LogP contribution in [0.4, 0.5) is 5.82 Å². The zero-order valence-corrected chi connectivity index (χ0v) is 19.8. The Balaban J connectivity index is 1.46. The molecule has 9 heteroatoms. The predicted molar refractivity (Wildman–Crippen MR) is 127 cm³/mol. The van der Waals surface area contributed by atoms with Gasteiger partial charge in [-0.15, -0.1) is 5.10 Å². The number of aromatic nitrogens is 3. The molecule has 1 unspecified atom stereocenters. The Morgan fingerprint density at radius 3 is 2.56 bits per heavy atom.